The summed E-state index contributed by atoms with van der Waals surface area (Å²) in [7, 11) is 0. The summed E-state index contributed by atoms with van der Waals surface area (Å²) in [6.45, 7) is 6.02. The molecule has 0 saturated carbocycles. The largest absolute Gasteiger partial charge is 0.508 e. The highest BCUT2D eigenvalue weighted by Gasteiger charge is 2.10. The molecule has 0 fully saturated rings. The number of hydrogen-bond acceptors (Lipinski definition) is 5. The number of nitrogens with zero attached hydrogens (tertiary/aromatic N) is 2. The summed E-state index contributed by atoms with van der Waals surface area (Å²) < 4.78 is 0. The zero-order chi connectivity index (χ0) is 13.7. The second-order valence-electron chi connectivity index (χ2n) is 4.45. The van der Waals surface area contributed by atoms with Crippen LogP contribution in [0.4, 0.5) is 0 Å². The standard InChI is InChI=1S/C14H19N3OS/c1-3-8-15-9-7-13-16-17-14(19-13)11-5-4-6-12(18)10(11)2/h4-6,15,18H,3,7-9H2,1-2H3. The normalized spacial score (nSPS) is 10.8. The van der Waals surface area contributed by atoms with Gasteiger partial charge in [-0.2, -0.15) is 0 Å². The minimum absolute atomic E-state index is 0.305. The highest BCUT2D eigenvalue weighted by atomic mass is 32.1. The first-order valence-corrected chi connectivity index (χ1v) is 7.36. The van der Waals surface area contributed by atoms with Gasteiger partial charge in [0.1, 0.15) is 15.8 Å². The molecule has 0 radical (unpaired) electrons. The molecule has 19 heavy (non-hydrogen) atoms. The van der Waals surface area contributed by atoms with E-state index in [1.165, 1.54) is 0 Å². The van der Waals surface area contributed by atoms with Crippen LogP contribution in [0.5, 0.6) is 5.75 Å². The second kappa shape index (κ2) is 6.63. The number of rotatable bonds is 6. The van der Waals surface area contributed by atoms with E-state index in [2.05, 4.69) is 22.4 Å². The van der Waals surface area contributed by atoms with Crippen molar-refractivity contribution >= 4 is 11.3 Å². The van der Waals surface area contributed by atoms with Gasteiger partial charge in [0.05, 0.1) is 0 Å². The molecule has 0 aliphatic heterocycles. The summed E-state index contributed by atoms with van der Waals surface area (Å²) >= 11 is 1.59. The smallest absolute Gasteiger partial charge is 0.148 e. The van der Waals surface area contributed by atoms with Crippen LogP contribution < -0.4 is 5.32 Å². The van der Waals surface area contributed by atoms with Crippen molar-refractivity contribution in [3.05, 3.63) is 28.8 Å². The van der Waals surface area contributed by atoms with Gasteiger partial charge in [-0.05, 0) is 26.0 Å². The lowest BCUT2D eigenvalue weighted by Gasteiger charge is -2.03. The van der Waals surface area contributed by atoms with Crippen molar-refractivity contribution in [1.82, 2.24) is 15.5 Å². The van der Waals surface area contributed by atoms with Gasteiger partial charge < -0.3 is 10.4 Å². The second-order valence-corrected chi connectivity index (χ2v) is 5.51. The third kappa shape index (κ3) is 3.52. The van der Waals surface area contributed by atoms with Gasteiger partial charge in [0.2, 0.25) is 0 Å². The van der Waals surface area contributed by atoms with Crippen molar-refractivity contribution in [1.29, 1.82) is 0 Å². The number of phenolic OH excluding ortho intramolecular Hbond substituents is 1. The van der Waals surface area contributed by atoms with E-state index >= 15 is 0 Å². The topological polar surface area (TPSA) is 58.0 Å². The van der Waals surface area contributed by atoms with Crippen LogP contribution in [0.3, 0.4) is 0 Å². The highest BCUT2D eigenvalue weighted by molar-refractivity contribution is 7.14. The van der Waals surface area contributed by atoms with E-state index in [9.17, 15) is 5.11 Å². The van der Waals surface area contributed by atoms with E-state index in [-0.39, 0.29) is 0 Å². The first-order chi connectivity index (χ1) is 9.22. The molecule has 0 spiro atoms. The Morgan fingerprint density at radius 1 is 1.26 bits per heavy atom. The summed E-state index contributed by atoms with van der Waals surface area (Å²) in [6, 6.07) is 5.49. The Morgan fingerprint density at radius 3 is 2.89 bits per heavy atom. The molecule has 0 bridgehead atoms. The van der Waals surface area contributed by atoms with Gasteiger partial charge in [0.25, 0.3) is 0 Å². The van der Waals surface area contributed by atoms with Crippen molar-refractivity contribution in [3.63, 3.8) is 0 Å². The number of nitrogens with one attached hydrogen (secondary N) is 1. The molecular weight excluding hydrogens is 258 g/mol. The molecule has 102 valence electrons. The predicted octanol–water partition coefficient (Wildman–Crippen LogP) is 2.76. The van der Waals surface area contributed by atoms with Crippen LogP contribution in [-0.4, -0.2) is 28.4 Å². The van der Waals surface area contributed by atoms with Crippen LogP contribution in [0.1, 0.15) is 23.9 Å². The van der Waals surface area contributed by atoms with Crippen LogP contribution in [0.15, 0.2) is 18.2 Å². The van der Waals surface area contributed by atoms with Gasteiger partial charge in [-0.15, -0.1) is 10.2 Å². The maximum Gasteiger partial charge on any atom is 0.148 e. The number of hydrogen-bond donors (Lipinski definition) is 2. The fourth-order valence-electron chi connectivity index (χ4n) is 1.82. The van der Waals surface area contributed by atoms with Crippen LogP contribution in [-0.2, 0) is 6.42 Å². The lowest BCUT2D eigenvalue weighted by atomic mass is 10.1. The molecule has 1 heterocycles. The van der Waals surface area contributed by atoms with Gasteiger partial charge in [-0.3, -0.25) is 0 Å². The molecular formula is C14H19N3OS. The summed E-state index contributed by atoms with van der Waals surface area (Å²) in [5.74, 6) is 0.305. The zero-order valence-corrected chi connectivity index (χ0v) is 12.1. The Labute approximate surface area is 117 Å². The molecule has 1 aromatic heterocycles. The number of benzene rings is 1. The van der Waals surface area contributed by atoms with Gasteiger partial charge in [-0.1, -0.05) is 30.4 Å². The first kappa shape index (κ1) is 14.0. The number of phenols is 1. The Hall–Kier alpha value is -1.46. The fraction of sp³-hybridized carbons (Fsp3) is 0.429. The lowest BCUT2D eigenvalue weighted by molar-refractivity contribution is 0.471. The van der Waals surface area contributed by atoms with Gasteiger partial charge in [0.15, 0.2) is 0 Å². The van der Waals surface area contributed by atoms with Crippen LogP contribution >= 0.6 is 11.3 Å². The number of aromatic nitrogens is 2. The van der Waals surface area contributed by atoms with Gasteiger partial charge in [-0.25, -0.2) is 0 Å². The van der Waals surface area contributed by atoms with E-state index in [0.29, 0.717) is 5.75 Å². The monoisotopic (exact) mass is 277 g/mol. The Balaban J connectivity index is 2.06. The maximum atomic E-state index is 9.72. The van der Waals surface area contributed by atoms with Crippen molar-refractivity contribution in [2.45, 2.75) is 26.7 Å². The summed E-state index contributed by atoms with van der Waals surface area (Å²) in [6.07, 6.45) is 2.04. The van der Waals surface area contributed by atoms with E-state index in [1.807, 2.05) is 19.1 Å². The fourth-order valence-corrected chi connectivity index (χ4v) is 2.74. The average Bonchev–Trinajstić information content (AvgIpc) is 2.87. The van der Waals surface area contributed by atoms with Crippen molar-refractivity contribution in [2.24, 2.45) is 0 Å². The molecule has 1 aromatic carbocycles. The van der Waals surface area contributed by atoms with E-state index in [4.69, 9.17) is 0 Å². The van der Waals surface area contributed by atoms with Crippen LogP contribution in [0.25, 0.3) is 10.6 Å². The molecule has 2 N–H and O–H groups in total. The molecule has 0 atom stereocenters. The summed E-state index contributed by atoms with van der Waals surface area (Å²) in [5.41, 5.74) is 1.82. The van der Waals surface area contributed by atoms with E-state index < -0.39 is 0 Å². The SMILES string of the molecule is CCCNCCc1nnc(-c2cccc(O)c2C)s1. The maximum absolute atomic E-state index is 9.72. The van der Waals surface area contributed by atoms with Crippen molar-refractivity contribution in [3.8, 4) is 16.3 Å². The third-order valence-electron chi connectivity index (χ3n) is 2.94. The molecule has 0 unspecified atom stereocenters. The quantitative estimate of drug-likeness (QED) is 0.797. The minimum atomic E-state index is 0.305. The van der Waals surface area contributed by atoms with Crippen LogP contribution in [0.2, 0.25) is 0 Å². The summed E-state index contributed by atoms with van der Waals surface area (Å²) in [5, 5.41) is 23.4. The van der Waals surface area contributed by atoms with Crippen LogP contribution in [0, 0.1) is 6.92 Å². The Bertz CT molecular complexity index is 539. The third-order valence-corrected chi connectivity index (χ3v) is 3.96. The van der Waals surface area contributed by atoms with E-state index in [0.717, 1.165) is 47.1 Å². The lowest BCUT2D eigenvalue weighted by Crippen LogP contribution is -2.17. The summed E-state index contributed by atoms with van der Waals surface area (Å²) in [4.78, 5) is 0. The van der Waals surface area contributed by atoms with E-state index in [1.54, 1.807) is 17.4 Å². The molecule has 4 nitrogen and oxygen atoms in total. The minimum Gasteiger partial charge on any atom is -0.508 e. The average molecular weight is 277 g/mol. The Kier molecular flexibility index (Phi) is 4.87. The first-order valence-electron chi connectivity index (χ1n) is 6.54. The molecule has 0 saturated heterocycles. The zero-order valence-electron chi connectivity index (χ0n) is 11.3. The van der Waals surface area contributed by atoms with Gasteiger partial charge >= 0.3 is 0 Å². The molecule has 0 amide bonds. The van der Waals surface area contributed by atoms with Crippen molar-refractivity contribution < 1.29 is 5.11 Å². The molecule has 2 aromatic rings. The molecule has 0 aliphatic carbocycles. The molecule has 2 rings (SSSR count). The number of aromatic hydroxyl groups is 1. The predicted molar refractivity (Wildman–Crippen MR) is 78.6 cm³/mol. The Morgan fingerprint density at radius 2 is 2.11 bits per heavy atom. The molecule has 5 heteroatoms. The van der Waals surface area contributed by atoms with Gasteiger partial charge in [0, 0.05) is 24.1 Å². The highest BCUT2D eigenvalue weighted by Crippen LogP contribution is 2.31. The van der Waals surface area contributed by atoms with Crippen molar-refractivity contribution in [2.75, 3.05) is 13.1 Å². The molecule has 0 aliphatic rings.